The molecule has 3 N–H and O–H groups in total. The van der Waals surface area contributed by atoms with Crippen molar-refractivity contribution in [3.63, 3.8) is 0 Å². The summed E-state index contributed by atoms with van der Waals surface area (Å²) in [7, 11) is 0. The maximum Gasteiger partial charge on any atom is 0.251 e. The van der Waals surface area contributed by atoms with Crippen LogP contribution in [-0.4, -0.2) is 16.0 Å². The Hall–Kier alpha value is -1.62. The van der Waals surface area contributed by atoms with Gasteiger partial charge in [0, 0.05) is 23.3 Å². The molecule has 0 saturated heterocycles. The Balaban J connectivity index is 2.30. The van der Waals surface area contributed by atoms with E-state index in [1.54, 1.807) is 10.6 Å². The second kappa shape index (κ2) is 5.40. The van der Waals surface area contributed by atoms with Gasteiger partial charge in [-0.3, -0.25) is 9.59 Å². The van der Waals surface area contributed by atoms with Crippen molar-refractivity contribution >= 4 is 5.91 Å². The quantitative estimate of drug-likeness (QED) is 0.850. The van der Waals surface area contributed by atoms with Crippen molar-refractivity contribution < 1.29 is 4.79 Å². The normalized spacial score (nSPS) is 18.5. The number of carbonyl (C=O) groups excluding carboxylic acids is 1. The summed E-state index contributed by atoms with van der Waals surface area (Å²) in [4.78, 5) is 24.1. The highest BCUT2D eigenvalue weighted by Crippen LogP contribution is 2.26. The van der Waals surface area contributed by atoms with E-state index in [4.69, 9.17) is 5.73 Å². The highest BCUT2D eigenvalue weighted by molar-refractivity contribution is 5.76. The number of rotatable bonds is 2. The van der Waals surface area contributed by atoms with Gasteiger partial charge in [-0.05, 0) is 45.6 Å². The first-order chi connectivity index (χ1) is 9.28. The zero-order chi connectivity index (χ0) is 14.9. The van der Waals surface area contributed by atoms with E-state index in [0.29, 0.717) is 0 Å². The van der Waals surface area contributed by atoms with E-state index in [2.05, 4.69) is 5.32 Å². The standard InChI is InChI=1S/C15H23N3O2/c1-15(2,3)17-13(19)9-18-12-6-4-5-11(16)10(12)7-8-14(18)20/h7-8,11H,4-6,9,16H2,1-3H3,(H,17,19). The maximum atomic E-state index is 12.0. The van der Waals surface area contributed by atoms with Crippen LogP contribution in [0.3, 0.4) is 0 Å². The Morgan fingerprint density at radius 2 is 2.15 bits per heavy atom. The molecule has 0 radical (unpaired) electrons. The molecule has 0 saturated carbocycles. The van der Waals surface area contributed by atoms with E-state index >= 15 is 0 Å². The van der Waals surface area contributed by atoms with Crippen LogP contribution in [0.4, 0.5) is 0 Å². The van der Waals surface area contributed by atoms with Crippen LogP contribution >= 0.6 is 0 Å². The lowest BCUT2D eigenvalue weighted by atomic mass is 9.91. The molecule has 1 aliphatic carbocycles. The summed E-state index contributed by atoms with van der Waals surface area (Å²) in [6.45, 7) is 5.82. The van der Waals surface area contributed by atoms with Crippen molar-refractivity contribution in [2.45, 2.75) is 58.2 Å². The van der Waals surface area contributed by atoms with Crippen molar-refractivity contribution in [1.82, 2.24) is 9.88 Å². The molecule has 20 heavy (non-hydrogen) atoms. The van der Waals surface area contributed by atoms with Crippen molar-refractivity contribution in [3.05, 3.63) is 33.7 Å². The number of pyridine rings is 1. The predicted octanol–water partition coefficient (Wildman–Crippen LogP) is 1.10. The highest BCUT2D eigenvalue weighted by Gasteiger charge is 2.22. The SMILES string of the molecule is CC(C)(C)NC(=O)Cn1c2c(ccc1=O)C(N)CCC2. The van der Waals surface area contributed by atoms with Crippen LogP contribution in [-0.2, 0) is 17.8 Å². The van der Waals surface area contributed by atoms with Crippen LogP contribution in [0.15, 0.2) is 16.9 Å². The summed E-state index contributed by atoms with van der Waals surface area (Å²) in [5.41, 5.74) is 7.56. The van der Waals surface area contributed by atoms with Gasteiger partial charge in [0.15, 0.2) is 0 Å². The molecule has 2 rings (SSSR count). The lowest BCUT2D eigenvalue weighted by Crippen LogP contribution is -2.44. The number of hydrogen-bond donors (Lipinski definition) is 2. The zero-order valence-electron chi connectivity index (χ0n) is 12.4. The number of hydrogen-bond acceptors (Lipinski definition) is 3. The van der Waals surface area contributed by atoms with Crippen molar-refractivity contribution in [1.29, 1.82) is 0 Å². The van der Waals surface area contributed by atoms with E-state index in [9.17, 15) is 9.59 Å². The molecule has 1 aromatic rings. The van der Waals surface area contributed by atoms with Gasteiger partial charge in [0.05, 0.1) is 0 Å². The number of nitrogens with one attached hydrogen (secondary N) is 1. The Bertz CT molecular complexity index is 569. The third-order valence-corrected chi connectivity index (χ3v) is 3.47. The van der Waals surface area contributed by atoms with E-state index in [1.165, 1.54) is 6.07 Å². The van der Waals surface area contributed by atoms with Crippen molar-refractivity contribution in [3.8, 4) is 0 Å². The summed E-state index contributed by atoms with van der Waals surface area (Å²) in [5.74, 6) is -0.146. The molecule has 1 amide bonds. The molecule has 1 heterocycles. The minimum Gasteiger partial charge on any atom is -0.350 e. The summed E-state index contributed by atoms with van der Waals surface area (Å²) in [5, 5.41) is 2.88. The monoisotopic (exact) mass is 277 g/mol. The van der Waals surface area contributed by atoms with E-state index in [0.717, 1.165) is 30.5 Å². The summed E-state index contributed by atoms with van der Waals surface area (Å²) >= 11 is 0. The average Bonchev–Trinajstić information content (AvgIpc) is 2.31. The molecule has 1 atom stereocenters. The van der Waals surface area contributed by atoms with E-state index in [-0.39, 0.29) is 29.6 Å². The first-order valence-corrected chi connectivity index (χ1v) is 7.07. The average molecular weight is 277 g/mol. The van der Waals surface area contributed by atoms with Gasteiger partial charge in [-0.1, -0.05) is 6.07 Å². The molecule has 5 nitrogen and oxygen atoms in total. The third-order valence-electron chi connectivity index (χ3n) is 3.47. The van der Waals surface area contributed by atoms with Crippen molar-refractivity contribution in [2.75, 3.05) is 0 Å². The van der Waals surface area contributed by atoms with E-state index in [1.807, 2.05) is 20.8 Å². The topological polar surface area (TPSA) is 77.1 Å². The van der Waals surface area contributed by atoms with Gasteiger partial charge >= 0.3 is 0 Å². The Morgan fingerprint density at radius 1 is 1.45 bits per heavy atom. The summed E-state index contributed by atoms with van der Waals surface area (Å²) in [6.07, 6.45) is 2.69. The number of nitrogens with zero attached hydrogens (tertiary/aromatic N) is 1. The Kier molecular flexibility index (Phi) is 3.99. The number of aromatic nitrogens is 1. The van der Waals surface area contributed by atoms with Gasteiger partial charge in [0.1, 0.15) is 6.54 Å². The fourth-order valence-corrected chi connectivity index (χ4v) is 2.67. The molecule has 0 aromatic carbocycles. The first-order valence-electron chi connectivity index (χ1n) is 7.07. The van der Waals surface area contributed by atoms with Gasteiger partial charge in [-0.2, -0.15) is 0 Å². The minimum absolute atomic E-state index is 0.0312. The second-order valence-corrected chi connectivity index (χ2v) is 6.46. The fraction of sp³-hybridized carbons (Fsp3) is 0.600. The Morgan fingerprint density at radius 3 is 2.80 bits per heavy atom. The molecule has 5 heteroatoms. The highest BCUT2D eigenvalue weighted by atomic mass is 16.2. The number of fused-ring (bicyclic) bond motifs is 1. The lowest BCUT2D eigenvalue weighted by Gasteiger charge is -2.26. The van der Waals surface area contributed by atoms with Gasteiger partial charge in [0.25, 0.3) is 5.56 Å². The molecule has 0 bridgehead atoms. The maximum absolute atomic E-state index is 12.0. The minimum atomic E-state index is -0.300. The lowest BCUT2D eigenvalue weighted by molar-refractivity contribution is -0.123. The molecular weight excluding hydrogens is 254 g/mol. The van der Waals surface area contributed by atoms with Gasteiger partial charge < -0.3 is 15.6 Å². The smallest absolute Gasteiger partial charge is 0.251 e. The van der Waals surface area contributed by atoms with Crippen LogP contribution in [0, 0.1) is 0 Å². The number of nitrogens with two attached hydrogens (primary N) is 1. The molecule has 1 unspecified atom stereocenters. The molecule has 0 spiro atoms. The Labute approximate surface area is 119 Å². The van der Waals surface area contributed by atoms with Crippen LogP contribution in [0.1, 0.15) is 50.9 Å². The summed E-state index contributed by atoms with van der Waals surface area (Å²) in [6, 6.07) is 3.28. The molecular formula is C15H23N3O2. The predicted molar refractivity (Wildman–Crippen MR) is 78.5 cm³/mol. The molecule has 1 aliphatic rings. The fourth-order valence-electron chi connectivity index (χ4n) is 2.67. The molecule has 0 fully saturated rings. The summed E-state index contributed by atoms with van der Waals surface area (Å²) < 4.78 is 1.56. The molecule has 1 aromatic heterocycles. The van der Waals surface area contributed by atoms with Gasteiger partial charge in [-0.25, -0.2) is 0 Å². The number of amides is 1. The third kappa shape index (κ3) is 3.28. The zero-order valence-corrected chi connectivity index (χ0v) is 12.4. The molecule has 0 aliphatic heterocycles. The largest absolute Gasteiger partial charge is 0.350 e. The number of carbonyl (C=O) groups is 1. The first kappa shape index (κ1) is 14.8. The van der Waals surface area contributed by atoms with Crippen LogP contribution < -0.4 is 16.6 Å². The van der Waals surface area contributed by atoms with Crippen molar-refractivity contribution in [2.24, 2.45) is 5.73 Å². The van der Waals surface area contributed by atoms with E-state index < -0.39 is 0 Å². The second-order valence-electron chi connectivity index (χ2n) is 6.46. The van der Waals surface area contributed by atoms with Crippen LogP contribution in [0.5, 0.6) is 0 Å². The van der Waals surface area contributed by atoms with Gasteiger partial charge in [0.2, 0.25) is 5.91 Å². The van der Waals surface area contributed by atoms with Crippen LogP contribution in [0.2, 0.25) is 0 Å². The van der Waals surface area contributed by atoms with Gasteiger partial charge in [-0.15, -0.1) is 0 Å². The molecule has 110 valence electrons. The van der Waals surface area contributed by atoms with Crippen LogP contribution in [0.25, 0.3) is 0 Å².